The Hall–Kier alpha value is -1.40. The summed E-state index contributed by atoms with van der Waals surface area (Å²) in [6, 6.07) is 0. The van der Waals surface area contributed by atoms with Crippen LogP contribution >= 0.6 is 24.5 Å². The molecule has 0 saturated carbocycles. The number of H-pyrrole nitrogens is 1. The van der Waals surface area contributed by atoms with Gasteiger partial charge in [-0.2, -0.15) is 0 Å². The van der Waals surface area contributed by atoms with E-state index in [0.29, 0.717) is 16.2 Å². The molecule has 2 aliphatic heterocycles. The molecule has 0 aliphatic carbocycles. The number of rotatable bonds is 1. The number of hydrogen-bond acceptors (Lipinski definition) is 8. The highest BCUT2D eigenvalue weighted by atomic mass is 79.9. The maximum absolute atomic E-state index is 12.5. The summed E-state index contributed by atoms with van der Waals surface area (Å²) in [5.74, 6) is 0.342. The van der Waals surface area contributed by atoms with Crippen molar-refractivity contribution in [1.82, 2.24) is 23.9 Å². The molecule has 0 amide bonds. The van der Waals surface area contributed by atoms with Gasteiger partial charge in [-0.1, -0.05) is 0 Å². The third-order valence-corrected chi connectivity index (χ3v) is 5.64. The summed E-state index contributed by atoms with van der Waals surface area (Å²) in [6.07, 6.45) is -0.217. The van der Waals surface area contributed by atoms with Crippen LogP contribution in [0.5, 0.6) is 0 Å². The topological polar surface area (TPSA) is 136 Å². The first-order valence-electron chi connectivity index (χ1n) is 7.29. The molecular formula is C12H11BrN5O6P. The van der Waals surface area contributed by atoms with E-state index in [9.17, 15) is 14.8 Å². The van der Waals surface area contributed by atoms with Crippen molar-refractivity contribution in [3.63, 3.8) is 0 Å². The maximum atomic E-state index is 12.5. The fraction of sp³-hybridized carbons (Fsp3) is 0.417. The molecule has 2 aliphatic rings. The van der Waals surface area contributed by atoms with E-state index in [1.54, 1.807) is 0 Å². The Kier molecular flexibility index (Phi) is 3.51. The van der Waals surface area contributed by atoms with Crippen molar-refractivity contribution in [1.29, 1.82) is 0 Å². The molecule has 11 nitrogen and oxygen atoms in total. The average Bonchev–Trinajstić information content (AvgIpc) is 3.25. The standard InChI is InChI=1S/C12H11BrN5O6P/c13-11-15-5-8(16-12-14-1-2-17(12)9(5)20)18(11)10-6(19)7-4(23-10)3-22-25(21)24-7/h1-2,4,6-7,10,19,21H,3H2,(H,14,16)/t4?,6?,7-,10-,25?/m1/s1. The fourth-order valence-corrected chi connectivity index (χ4v) is 4.52. The summed E-state index contributed by atoms with van der Waals surface area (Å²) in [7, 11) is -2.04. The summed E-state index contributed by atoms with van der Waals surface area (Å²) in [5.41, 5.74) is 0.180. The number of aromatic nitrogens is 5. The second-order valence-corrected chi connectivity index (χ2v) is 7.31. The molecule has 3 N–H and O–H groups in total. The van der Waals surface area contributed by atoms with Crippen molar-refractivity contribution in [3.8, 4) is 0 Å². The van der Waals surface area contributed by atoms with E-state index in [1.165, 1.54) is 21.4 Å². The lowest BCUT2D eigenvalue weighted by molar-refractivity contribution is -0.0594. The van der Waals surface area contributed by atoms with Gasteiger partial charge >= 0.3 is 8.60 Å². The maximum Gasteiger partial charge on any atom is 0.330 e. The number of aliphatic hydroxyl groups is 1. The summed E-state index contributed by atoms with van der Waals surface area (Å²) in [4.78, 5) is 33.4. The van der Waals surface area contributed by atoms with Crippen LogP contribution in [0.25, 0.3) is 16.9 Å². The number of nitrogens with one attached hydrogen (secondary N) is 1. The van der Waals surface area contributed by atoms with Crippen LogP contribution in [0.3, 0.4) is 0 Å². The fourth-order valence-electron chi connectivity index (χ4n) is 3.15. The van der Waals surface area contributed by atoms with Gasteiger partial charge in [-0.15, -0.1) is 0 Å². The highest BCUT2D eigenvalue weighted by molar-refractivity contribution is 9.10. The Labute approximate surface area is 148 Å². The van der Waals surface area contributed by atoms with E-state index >= 15 is 0 Å². The Morgan fingerprint density at radius 2 is 2.32 bits per heavy atom. The first-order chi connectivity index (χ1) is 12.0. The van der Waals surface area contributed by atoms with E-state index in [2.05, 4.69) is 30.9 Å². The Bertz CT molecular complexity index is 1030. The van der Waals surface area contributed by atoms with Crippen molar-refractivity contribution in [3.05, 3.63) is 27.5 Å². The predicted molar refractivity (Wildman–Crippen MR) is 86.7 cm³/mol. The Morgan fingerprint density at radius 3 is 3.16 bits per heavy atom. The molecule has 13 heteroatoms. The number of fused-ring (bicyclic) bond motifs is 3. The SMILES string of the molecule is O=c1c2nc(Br)n([C@@H]3OC4COP(O)O[C@H]4C3O)c2[nH]c2nccn12. The van der Waals surface area contributed by atoms with Crippen LogP contribution in [0.2, 0.25) is 0 Å². The zero-order chi connectivity index (χ0) is 17.3. The van der Waals surface area contributed by atoms with Crippen LogP contribution in [0, 0.1) is 0 Å². The minimum absolute atomic E-state index is 0.103. The third kappa shape index (κ3) is 2.23. The van der Waals surface area contributed by atoms with E-state index in [0.717, 1.165) is 0 Å². The van der Waals surface area contributed by atoms with Gasteiger partial charge in [-0.25, -0.2) is 14.4 Å². The molecule has 5 atom stereocenters. The first kappa shape index (κ1) is 15.8. The lowest BCUT2D eigenvalue weighted by Crippen LogP contribution is -2.38. The molecule has 25 heavy (non-hydrogen) atoms. The molecule has 0 radical (unpaired) electrons. The van der Waals surface area contributed by atoms with E-state index < -0.39 is 33.1 Å². The number of halogens is 1. The summed E-state index contributed by atoms with van der Waals surface area (Å²) in [6.45, 7) is 0.103. The number of aromatic amines is 1. The van der Waals surface area contributed by atoms with Crippen LogP contribution < -0.4 is 5.56 Å². The second-order valence-electron chi connectivity index (χ2n) is 5.66. The molecule has 0 aromatic carbocycles. The van der Waals surface area contributed by atoms with Crippen molar-refractivity contribution in [2.75, 3.05) is 6.61 Å². The van der Waals surface area contributed by atoms with Crippen molar-refractivity contribution in [2.45, 2.75) is 24.5 Å². The lowest BCUT2D eigenvalue weighted by atomic mass is 10.1. The van der Waals surface area contributed by atoms with E-state index in [-0.39, 0.29) is 17.7 Å². The molecular weight excluding hydrogens is 421 g/mol. The van der Waals surface area contributed by atoms with Crippen molar-refractivity contribution < 1.29 is 23.8 Å². The number of imidazole rings is 2. The molecule has 0 spiro atoms. The van der Waals surface area contributed by atoms with Gasteiger partial charge in [-0.3, -0.25) is 9.36 Å². The smallest absolute Gasteiger partial charge is 0.330 e. The molecule has 3 aromatic rings. The number of aliphatic hydroxyl groups excluding tert-OH is 1. The highest BCUT2D eigenvalue weighted by Crippen LogP contribution is 2.47. The highest BCUT2D eigenvalue weighted by Gasteiger charge is 2.50. The normalized spacial score (nSPS) is 32.5. The first-order valence-corrected chi connectivity index (χ1v) is 9.22. The summed E-state index contributed by atoms with van der Waals surface area (Å²) >= 11 is 3.31. The van der Waals surface area contributed by atoms with Crippen LogP contribution in [0.15, 0.2) is 21.9 Å². The monoisotopic (exact) mass is 431 g/mol. The second kappa shape index (κ2) is 5.55. The van der Waals surface area contributed by atoms with Crippen LogP contribution in [0.4, 0.5) is 0 Å². The molecule has 5 heterocycles. The zero-order valence-corrected chi connectivity index (χ0v) is 14.8. The zero-order valence-electron chi connectivity index (χ0n) is 12.3. The summed E-state index contributed by atoms with van der Waals surface area (Å²) in [5, 5.41) is 10.6. The van der Waals surface area contributed by atoms with Crippen molar-refractivity contribution in [2.24, 2.45) is 0 Å². The van der Waals surface area contributed by atoms with Gasteiger partial charge in [0.15, 0.2) is 16.5 Å². The molecule has 132 valence electrons. The Balaban J connectivity index is 1.67. The largest absolute Gasteiger partial charge is 0.386 e. The Morgan fingerprint density at radius 1 is 1.48 bits per heavy atom. The van der Waals surface area contributed by atoms with Gasteiger partial charge in [0.05, 0.1) is 6.61 Å². The molecule has 3 unspecified atom stereocenters. The number of nitrogens with zero attached hydrogens (tertiary/aromatic N) is 4. The van der Waals surface area contributed by atoms with Gasteiger partial charge in [-0.05, 0) is 15.9 Å². The quantitative estimate of drug-likeness (QED) is 0.362. The molecule has 2 fully saturated rings. The minimum Gasteiger partial charge on any atom is -0.386 e. The molecule has 0 bridgehead atoms. The number of ether oxygens (including phenoxy) is 1. The van der Waals surface area contributed by atoms with Crippen LogP contribution in [0.1, 0.15) is 6.23 Å². The van der Waals surface area contributed by atoms with Crippen LogP contribution in [-0.4, -0.2) is 58.8 Å². The van der Waals surface area contributed by atoms with Crippen molar-refractivity contribution >= 4 is 41.5 Å². The van der Waals surface area contributed by atoms with Gasteiger partial charge in [0, 0.05) is 12.4 Å². The third-order valence-electron chi connectivity index (χ3n) is 4.29. The predicted octanol–water partition coefficient (Wildman–Crippen LogP) is 0.0277. The molecule has 5 rings (SSSR count). The molecule has 3 aromatic heterocycles. The molecule has 2 saturated heterocycles. The van der Waals surface area contributed by atoms with Gasteiger partial charge < -0.3 is 28.8 Å². The average molecular weight is 432 g/mol. The summed E-state index contributed by atoms with van der Waals surface area (Å²) < 4.78 is 19.3. The lowest BCUT2D eigenvalue weighted by Gasteiger charge is -2.27. The van der Waals surface area contributed by atoms with E-state index in [4.69, 9.17) is 13.8 Å². The van der Waals surface area contributed by atoms with Gasteiger partial charge in [0.25, 0.3) is 5.56 Å². The minimum atomic E-state index is -2.04. The number of hydrogen-bond donors (Lipinski definition) is 3. The van der Waals surface area contributed by atoms with Gasteiger partial charge in [0.1, 0.15) is 24.0 Å². The van der Waals surface area contributed by atoms with E-state index in [1.807, 2.05) is 0 Å². The van der Waals surface area contributed by atoms with Crippen LogP contribution in [-0.2, 0) is 13.8 Å². The van der Waals surface area contributed by atoms with Gasteiger partial charge in [0.2, 0.25) is 5.78 Å².